The summed E-state index contributed by atoms with van der Waals surface area (Å²) in [6.07, 6.45) is 0.893. The molecule has 1 fully saturated rings. The van der Waals surface area contributed by atoms with Crippen LogP contribution in [-0.2, 0) is 16.0 Å². The molecule has 0 spiro atoms. The molecule has 0 saturated carbocycles. The molecule has 0 aromatic heterocycles. The van der Waals surface area contributed by atoms with Gasteiger partial charge in [-0.2, -0.15) is 0 Å². The fraction of sp³-hybridized carbons (Fsp3) is 0.391. The van der Waals surface area contributed by atoms with Crippen LogP contribution >= 0.6 is 12.2 Å². The van der Waals surface area contributed by atoms with E-state index in [1.807, 2.05) is 37.3 Å². The Morgan fingerprint density at radius 1 is 1.10 bits per heavy atom. The lowest BCUT2D eigenvalue weighted by Crippen LogP contribution is -2.43. The molecule has 7 heteroatoms. The van der Waals surface area contributed by atoms with Crippen molar-refractivity contribution in [1.29, 1.82) is 0 Å². The minimum absolute atomic E-state index is 0.0286. The lowest BCUT2D eigenvalue weighted by Gasteiger charge is -2.26. The number of thiocarbonyl (C=S) groups is 1. The first-order valence-electron chi connectivity index (χ1n) is 10.2. The van der Waals surface area contributed by atoms with Gasteiger partial charge in [-0.25, -0.2) is 0 Å². The van der Waals surface area contributed by atoms with E-state index in [1.165, 1.54) is 5.56 Å². The first kappa shape index (κ1) is 22.1. The number of morpholine rings is 1. The molecule has 1 heterocycles. The first-order chi connectivity index (χ1) is 14.7. The fourth-order valence-electron chi connectivity index (χ4n) is 3.15. The van der Waals surface area contributed by atoms with Crippen molar-refractivity contribution in [2.24, 2.45) is 0 Å². The van der Waals surface area contributed by atoms with Crippen LogP contribution in [0.15, 0.2) is 48.5 Å². The maximum Gasteiger partial charge on any atom is 0.260 e. The van der Waals surface area contributed by atoms with E-state index in [0.717, 1.165) is 18.5 Å². The van der Waals surface area contributed by atoms with E-state index >= 15 is 0 Å². The summed E-state index contributed by atoms with van der Waals surface area (Å²) in [5.41, 5.74) is 2.12. The van der Waals surface area contributed by atoms with Gasteiger partial charge in [0, 0.05) is 25.2 Å². The normalized spacial score (nSPS) is 13.6. The minimum Gasteiger partial charge on any atom is -0.490 e. The topological polar surface area (TPSA) is 60.0 Å². The second-order valence-corrected chi connectivity index (χ2v) is 7.28. The van der Waals surface area contributed by atoms with Gasteiger partial charge in [0.1, 0.15) is 4.99 Å². The molecule has 0 atom stereocenters. The van der Waals surface area contributed by atoms with Crippen LogP contribution in [0.1, 0.15) is 18.1 Å². The highest BCUT2D eigenvalue weighted by Crippen LogP contribution is 2.28. The van der Waals surface area contributed by atoms with Gasteiger partial charge in [0.05, 0.1) is 19.8 Å². The van der Waals surface area contributed by atoms with Gasteiger partial charge in [-0.15, -0.1) is 0 Å². The molecule has 1 aliphatic rings. The average molecular weight is 429 g/mol. The minimum atomic E-state index is -0.0528. The summed E-state index contributed by atoms with van der Waals surface area (Å²) in [5.74, 6) is 1.06. The lowest BCUT2D eigenvalue weighted by molar-refractivity contribution is -0.137. The Morgan fingerprint density at radius 3 is 2.60 bits per heavy atom. The molecule has 0 aliphatic carbocycles. The maximum absolute atomic E-state index is 12.3. The van der Waals surface area contributed by atoms with Gasteiger partial charge in [0.15, 0.2) is 18.1 Å². The Balaban J connectivity index is 1.56. The van der Waals surface area contributed by atoms with Crippen LogP contribution in [0.4, 0.5) is 0 Å². The largest absolute Gasteiger partial charge is 0.490 e. The molecule has 160 valence electrons. The Morgan fingerprint density at radius 2 is 1.87 bits per heavy atom. The number of rotatable bonds is 9. The van der Waals surface area contributed by atoms with E-state index in [2.05, 4.69) is 17.4 Å². The molecule has 30 heavy (non-hydrogen) atoms. The molecular formula is C23H28N2O4S. The van der Waals surface area contributed by atoms with Gasteiger partial charge in [0.25, 0.3) is 5.91 Å². The number of hydrogen-bond donors (Lipinski definition) is 1. The van der Waals surface area contributed by atoms with Crippen molar-refractivity contribution in [3.05, 3.63) is 59.7 Å². The van der Waals surface area contributed by atoms with E-state index in [0.29, 0.717) is 49.4 Å². The van der Waals surface area contributed by atoms with E-state index in [9.17, 15) is 4.79 Å². The predicted octanol–water partition coefficient (Wildman–Crippen LogP) is 2.83. The van der Waals surface area contributed by atoms with Crippen LogP contribution in [0.25, 0.3) is 0 Å². The number of amides is 1. The zero-order valence-corrected chi connectivity index (χ0v) is 18.1. The van der Waals surface area contributed by atoms with E-state index in [1.54, 1.807) is 11.0 Å². The van der Waals surface area contributed by atoms with Gasteiger partial charge in [-0.3, -0.25) is 4.79 Å². The SMILES string of the molecule is CCOc1cc(C(=S)NCCc2ccccc2)ccc1OCC(=O)N1CCOCC1. The Hall–Kier alpha value is -2.64. The zero-order valence-electron chi connectivity index (χ0n) is 17.3. The molecular weight excluding hydrogens is 400 g/mol. The molecule has 1 saturated heterocycles. The molecule has 0 bridgehead atoms. The molecule has 1 aliphatic heterocycles. The van der Waals surface area contributed by atoms with E-state index in [-0.39, 0.29) is 12.5 Å². The molecule has 2 aromatic carbocycles. The Bertz CT molecular complexity index is 838. The highest BCUT2D eigenvalue weighted by atomic mass is 32.1. The molecule has 0 unspecified atom stereocenters. The van der Waals surface area contributed by atoms with Crippen LogP contribution in [0.5, 0.6) is 11.5 Å². The third kappa shape index (κ3) is 6.43. The highest BCUT2D eigenvalue weighted by Gasteiger charge is 2.18. The van der Waals surface area contributed by atoms with Crippen LogP contribution < -0.4 is 14.8 Å². The smallest absolute Gasteiger partial charge is 0.260 e. The van der Waals surface area contributed by atoms with Gasteiger partial charge < -0.3 is 24.4 Å². The molecule has 2 aromatic rings. The van der Waals surface area contributed by atoms with Crippen molar-refractivity contribution in [3.8, 4) is 11.5 Å². The third-order valence-corrected chi connectivity index (χ3v) is 5.14. The van der Waals surface area contributed by atoms with Crippen molar-refractivity contribution in [1.82, 2.24) is 10.2 Å². The second-order valence-electron chi connectivity index (χ2n) is 6.87. The number of benzene rings is 2. The maximum atomic E-state index is 12.3. The van der Waals surface area contributed by atoms with Gasteiger partial charge in [-0.05, 0) is 37.1 Å². The quantitative estimate of drug-likeness (QED) is 0.620. The monoisotopic (exact) mass is 428 g/mol. The Labute approximate surface area is 183 Å². The summed E-state index contributed by atoms with van der Waals surface area (Å²) < 4.78 is 16.8. The van der Waals surface area contributed by atoms with E-state index in [4.69, 9.17) is 26.4 Å². The van der Waals surface area contributed by atoms with Crippen LogP contribution in [0, 0.1) is 0 Å². The van der Waals surface area contributed by atoms with Crippen molar-refractivity contribution in [2.75, 3.05) is 46.1 Å². The average Bonchev–Trinajstić information content (AvgIpc) is 2.79. The summed E-state index contributed by atoms with van der Waals surface area (Å²) >= 11 is 5.53. The molecule has 3 rings (SSSR count). The number of ether oxygens (including phenoxy) is 3. The molecule has 1 N–H and O–H groups in total. The summed E-state index contributed by atoms with van der Waals surface area (Å²) in [6.45, 7) is 5.46. The molecule has 6 nitrogen and oxygen atoms in total. The van der Waals surface area contributed by atoms with Crippen molar-refractivity contribution < 1.29 is 19.0 Å². The first-order valence-corrected chi connectivity index (χ1v) is 10.7. The van der Waals surface area contributed by atoms with E-state index < -0.39 is 0 Å². The predicted molar refractivity (Wildman–Crippen MR) is 120 cm³/mol. The Kier molecular flexibility index (Phi) is 8.47. The standard InChI is InChI=1S/C23H28N2O4S/c1-2-28-21-16-19(23(30)24-11-10-18-6-4-3-5-7-18)8-9-20(21)29-17-22(26)25-12-14-27-15-13-25/h3-9,16H,2,10-15,17H2,1H3,(H,24,30). The number of nitrogens with zero attached hydrogens (tertiary/aromatic N) is 1. The number of nitrogens with one attached hydrogen (secondary N) is 1. The summed E-state index contributed by atoms with van der Waals surface area (Å²) in [7, 11) is 0. The number of carbonyl (C=O) groups is 1. The molecule has 0 radical (unpaired) electrons. The van der Waals surface area contributed by atoms with Crippen LogP contribution in [0.2, 0.25) is 0 Å². The zero-order chi connectivity index (χ0) is 21.2. The van der Waals surface area contributed by atoms with Gasteiger partial charge in [0.2, 0.25) is 0 Å². The van der Waals surface area contributed by atoms with Crippen molar-refractivity contribution >= 4 is 23.1 Å². The van der Waals surface area contributed by atoms with Crippen molar-refractivity contribution in [2.45, 2.75) is 13.3 Å². The van der Waals surface area contributed by atoms with Crippen molar-refractivity contribution in [3.63, 3.8) is 0 Å². The third-order valence-electron chi connectivity index (χ3n) is 4.76. The lowest BCUT2D eigenvalue weighted by atomic mass is 10.1. The van der Waals surface area contributed by atoms with Gasteiger partial charge >= 0.3 is 0 Å². The van der Waals surface area contributed by atoms with Crippen LogP contribution in [0.3, 0.4) is 0 Å². The van der Waals surface area contributed by atoms with Crippen LogP contribution in [-0.4, -0.2) is 61.9 Å². The highest BCUT2D eigenvalue weighted by molar-refractivity contribution is 7.80. The molecule has 1 amide bonds. The summed E-state index contributed by atoms with van der Waals surface area (Å²) in [4.78, 5) is 14.7. The van der Waals surface area contributed by atoms with Gasteiger partial charge in [-0.1, -0.05) is 42.5 Å². The summed E-state index contributed by atoms with van der Waals surface area (Å²) in [6, 6.07) is 15.8. The summed E-state index contributed by atoms with van der Waals surface area (Å²) in [5, 5.41) is 3.29. The fourth-order valence-corrected chi connectivity index (χ4v) is 3.38. The second kappa shape index (κ2) is 11.5. The number of carbonyl (C=O) groups excluding carboxylic acids is 1. The number of hydrogen-bond acceptors (Lipinski definition) is 5.